The first kappa shape index (κ1) is 17.5. The zero-order valence-electron chi connectivity index (χ0n) is 15.5. The zero-order valence-corrected chi connectivity index (χ0v) is 16.3. The number of methoxy groups -OCH3 is 1. The lowest BCUT2D eigenvalue weighted by atomic mass is 10.1. The Kier molecular flexibility index (Phi) is 4.54. The number of ether oxygens (including phenoxy) is 1. The molecule has 136 valence electrons. The van der Waals surface area contributed by atoms with E-state index in [2.05, 4.69) is 36.6 Å². The predicted octanol–water partition coefficient (Wildman–Crippen LogP) is 5.42. The Labute approximate surface area is 162 Å². The maximum absolute atomic E-state index is 12.0. The highest BCUT2D eigenvalue weighted by atomic mass is 32.1. The summed E-state index contributed by atoms with van der Waals surface area (Å²) in [6, 6.07) is 14.3. The first-order valence-electron chi connectivity index (χ1n) is 8.85. The highest BCUT2D eigenvalue weighted by Gasteiger charge is 2.19. The van der Waals surface area contributed by atoms with Crippen LogP contribution in [0.15, 0.2) is 47.8 Å². The van der Waals surface area contributed by atoms with Crippen molar-refractivity contribution in [3.63, 3.8) is 0 Å². The van der Waals surface area contributed by atoms with Crippen LogP contribution >= 0.6 is 11.3 Å². The van der Waals surface area contributed by atoms with E-state index in [1.165, 1.54) is 5.56 Å². The van der Waals surface area contributed by atoms with Crippen LogP contribution in [0.4, 0.5) is 0 Å². The minimum absolute atomic E-state index is 0.574. The first-order valence-corrected chi connectivity index (χ1v) is 9.73. The van der Waals surface area contributed by atoms with Crippen molar-refractivity contribution in [3.8, 4) is 28.3 Å². The van der Waals surface area contributed by atoms with Gasteiger partial charge in [0.1, 0.15) is 17.1 Å². The van der Waals surface area contributed by atoms with Crippen LogP contribution in [0.25, 0.3) is 27.5 Å². The van der Waals surface area contributed by atoms with Crippen LogP contribution in [-0.2, 0) is 6.42 Å². The van der Waals surface area contributed by atoms with Crippen LogP contribution in [0.1, 0.15) is 28.5 Å². The number of thiazole rings is 1. The lowest BCUT2D eigenvalue weighted by molar-refractivity contribution is 0.111. The SMILES string of the molecule is CCc1ccc(-c2csc3nc(-c4ccc(OC)c(C)c4)c(C=O)n23)cc1. The average Bonchev–Trinajstić information content (AvgIpc) is 3.27. The van der Waals surface area contributed by atoms with Gasteiger partial charge in [-0.3, -0.25) is 9.20 Å². The van der Waals surface area contributed by atoms with Crippen LogP contribution in [0.5, 0.6) is 5.75 Å². The topological polar surface area (TPSA) is 43.6 Å². The molecular weight excluding hydrogens is 356 g/mol. The average molecular weight is 376 g/mol. The van der Waals surface area contributed by atoms with Crippen molar-refractivity contribution in [2.45, 2.75) is 20.3 Å². The van der Waals surface area contributed by atoms with E-state index in [1.54, 1.807) is 18.4 Å². The van der Waals surface area contributed by atoms with Gasteiger partial charge in [0, 0.05) is 10.9 Å². The van der Waals surface area contributed by atoms with Crippen molar-refractivity contribution < 1.29 is 9.53 Å². The number of carbonyl (C=O) groups excluding carboxylic acids is 1. The number of nitrogens with zero attached hydrogens (tertiary/aromatic N) is 2. The maximum atomic E-state index is 12.0. The van der Waals surface area contributed by atoms with Crippen LogP contribution in [0, 0.1) is 6.92 Å². The molecule has 2 aromatic heterocycles. The fourth-order valence-electron chi connectivity index (χ4n) is 3.34. The molecule has 0 aliphatic rings. The summed E-state index contributed by atoms with van der Waals surface area (Å²) in [5.41, 5.74) is 6.57. The van der Waals surface area contributed by atoms with Gasteiger partial charge >= 0.3 is 0 Å². The minimum atomic E-state index is 0.574. The third kappa shape index (κ3) is 2.94. The van der Waals surface area contributed by atoms with Gasteiger partial charge in [-0.05, 0) is 48.2 Å². The number of fused-ring (bicyclic) bond motifs is 1. The molecule has 5 heteroatoms. The molecule has 0 N–H and O–H groups in total. The van der Waals surface area contributed by atoms with E-state index in [1.807, 2.05) is 29.5 Å². The van der Waals surface area contributed by atoms with E-state index in [9.17, 15) is 4.79 Å². The molecule has 0 radical (unpaired) electrons. The van der Waals surface area contributed by atoms with Gasteiger partial charge in [-0.2, -0.15) is 0 Å². The summed E-state index contributed by atoms with van der Waals surface area (Å²) in [5.74, 6) is 0.823. The molecule has 0 atom stereocenters. The van der Waals surface area contributed by atoms with E-state index in [-0.39, 0.29) is 0 Å². The Hall–Kier alpha value is -2.92. The van der Waals surface area contributed by atoms with Gasteiger partial charge in [0.2, 0.25) is 0 Å². The van der Waals surface area contributed by atoms with Crippen LogP contribution in [0.2, 0.25) is 0 Å². The van der Waals surface area contributed by atoms with Crippen molar-refractivity contribution >= 4 is 22.6 Å². The second kappa shape index (κ2) is 7.00. The Morgan fingerprint density at radius 1 is 1.15 bits per heavy atom. The molecule has 4 aromatic rings. The quantitative estimate of drug-likeness (QED) is 0.437. The molecule has 0 aliphatic carbocycles. The summed E-state index contributed by atoms with van der Waals surface area (Å²) in [7, 11) is 1.65. The molecule has 2 heterocycles. The fourth-order valence-corrected chi connectivity index (χ4v) is 4.24. The molecule has 0 aliphatic heterocycles. The lowest BCUT2D eigenvalue weighted by Gasteiger charge is -2.07. The molecule has 0 fully saturated rings. The normalized spacial score (nSPS) is 11.1. The summed E-state index contributed by atoms with van der Waals surface area (Å²) >= 11 is 1.54. The number of aryl methyl sites for hydroxylation is 2. The summed E-state index contributed by atoms with van der Waals surface area (Å²) in [4.78, 5) is 17.5. The van der Waals surface area contributed by atoms with Crippen LogP contribution < -0.4 is 4.74 Å². The van der Waals surface area contributed by atoms with Gasteiger partial charge in [0.25, 0.3) is 0 Å². The number of aromatic nitrogens is 2. The predicted molar refractivity (Wildman–Crippen MR) is 110 cm³/mol. The second-order valence-corrected chi connectivity index (χ2v) is 7.27. The summed E-state index contributed by atoms with van der Waals surface area (Å²) < 4.78 is 7.29. The number of benzene rings is 2. The summed E-state index contributed by atoms with van der Waals surface area (Å²) in [6.07, 6.45) is 1.90. The zero-order chi connectivity index (χ0) is 19.0. The third-order valence-electron chi connectivity index (χ3n) is 4.84. The smallest absolute Gasteiger partial charge is 0.195 e. The molecule has 0 unspecified atom stereocenters. The van der Waals surface area contributed by atoms with Crippen LogP contribution in [0.3, 0.4) is 0 Å². The number of carbonyl (C=O) groups is 1. The highest BCUT2D eigenvalue weighted by molar-refractivity contribution is 7.15. The van der Waals surface area contributed by atoms with E-state index in [0.29, 0.717) is 11.4 Å². The Morgan fingerprint density at radius 3 is 2.52 bits per heavy atom. The van der Waals surface area contributed by atoms with Crippen LogP contribution in [-0.4, -0.2) is 22.8 Å². The molecule has 0 spiro atoms. The van der Waals surface area contributed by atoms with Crippen molar-refractivity contribution in [3.05, 3.63) is 64.7 Å². The van der Waals surface area contributed by atoms with Gasteiger partial charge in [-0.25, -0.2) is 4.98 Å². The molecule has 0 saturated heterocycles. The van der Waals surface area contributed by atoms with E-state index >= 15 is 0 Å². The van der Waals surface area contributed by atoms with Crippen molar-refractivity contribution in [2.75, 3.05) is 7.11 Å². The minimum Gasteiger partial charge on any atom is -0.496 e. The number of aldehydes is 1. The molecule has 0 saturated carbocycles. The standard InChI is InChI=1S/C22H20N2O2S/c1-4-15-5-7-16(8-6-15)19-13-27-22-23-21(18(12-25)24(19)22)17-9-10-20(26-3)14(2)11-17/h5-13H,4H2,1-3H3. The van der Waals surface area contributed by atoms with Crippen molar-refractivity contribution in [1.82, 2.24) is 9.38 Å². The largest absolute Gasteiger partial charge is 0.496 e. The van der Waals surface area contributed by atoms with Gasteiger partial charge in [-0.1, -0.05) is 31.2 Å². The van der Waals surface area contributed by atoms with Crippen molar-refractivity contribution in [2.24, 2.45) is 0 Å². The molecule has 0 amide bonds. The second-order valence-electron chi connectivity index (χ2n) is 6.44. The van der Waals surface area contributed by atoms with Gasteiger partial charge in [0.15, 0.2) is 11.2 Å². The molecular formula is C22H20N2O2S. The number of hydrogen-bond acceptors (Lipinski definition) is 4. The van der Waals surface area contributed by atoms with Gasteiger partial charge in [-0.15, -0.1) is 11.3 Å². The summed E-state index contributed by atoms with van der Waals surface area (Å²) in [6.45, 7) is 4.13. The summed E-state index contributed by atoms with van der Waals surface area (Å²) in [5, 5.41) is 2.05. The van der Waals surface area contributed by atoms with Crippen molar-refractivity contribution in [1.29, 1.82) is 0 Å². The van der Waals surface area contributed by atoms with Gasteiger partial charge < -0.3 is 4.74 Å². The molecule has 27 heavy (non-hydrogen) atoms. The van der Waals surface area contributed by atoms with E-state index in [0.717, 1.165) is 45.8 Å². The monoisotopic (exact) mass is 376 g/mol. The van der Waals surface area contributed by atoms with E-state index < -0.39 is 0 Å². The number of hydrogen-bond donors (Lipinski definition) is 0. The highest BCUT2D eigenvalue weighted by Crippen LogP contribution is 2.33. The molecule has 0 bridgehead atoms. The Balaban J connectivity index is 1.88. The first-order chi connectivity index (χ1) is 13.2. The molecule has 4 rings (SSSR count). The number of imidazole rings is 1. The third-order valence-corrected chi connectivity index (χ3v) is 5.66. The molecule has 2 aromatic carbocycles. The van der Waals surface area contributed by atoms with E-state index in [4.69, 9.17) is 9.72 Å². The number of rotatable bonds is 5. The molecule has 4 nitrogen and oxygen atoms in total. The van der Waals surface area contributed by atoms with Gasteiger partial charge in [0.05, 0.1) is 12.8 Å². The Bertz CT molecular complexity index is 1120. The maximum Gasteiger partial charge on any atom is 0.195 e. The fraction of sp³-hybridized carbons (Fsp3) is 0.182. The lowest BCUT2D eigenvalue weighted by Crippen LogP contribution is -1.95. The Morgan fingerprint density at radius 2 is 1.89 bits per heavy atom.